The normalized spacial score (nSPS) is 14.6. The van der Waals surface area contributed by atoms with Gasteiger partial charge in [0.25, 0.3) is 0 Å². The van der Waals surface area contributed by atoms with E-state index in [2.05, 4.69) is 25.1 Å². The highest BCUT2D eigenvalue weighted by molar-refractivity contribution is 6.33. The van der Waals surface area contributed by atoms with Crippen LogP contribution in [0.3, 0.4) is 0 Å². The molecule has 6 nitrogen and oxygen atoms in total. The molecule has 1 saturated carbocycles. The molecule has 0 spiro atoms. The first kappa shape index (κ1) is 13.8. The number of hydrogen-bond acceptors (Lipinski definition) is 5. The Morgan fingerprint density at radius 1 is 1.17 bits per heavy atom. The fourth-order valence-corrected chi connectivity index (χ4v) is 3.19. The Labute approximate surface area is 142 Å². The zero-order valence-electron chi connectivity index (χ0n) is 12.9. The lowest BCUT2D eigenvalue weighted by Crippen LogP contribution is -2.00. The minimum atomic E-state index is 0.540. The van der Waals surface area contributed by atoms with Crippen molar-refractivity contribution in [2.24, 2.45) is 0 Å². The molecule has 1 aliphatic rings. The zero-order chi connectivity index (χ0) is 16.3. The molecule has 4 aromatic heterocycles. The summed E-state index contributed by atoms with van der Waals surface area (Å²) in [7, 11) is 0. The molecule has 0 saturated heterocycles. The van der Waals surface area contributed by atoms with Crippen LogP contribution in [0.4, 0.5) is 0 Å². The van der Waals surface area contributed by atoms with Gasteiger partial charge in [0, 0.05) is 29.6 Å². The van der Waals surface area contributed by atoms with Gasteiger partial charge in [-0.3, -0.25) is 9.38 Å². The van der Waals surface area contributed by atoms with Crippen molar-refractivity contribution >= 4 is 28.4 Å². The van der Waals surface area contributed by atoms with E-state index in [1.807, 2.05) is 29.5 Å². The molecule has 118 valence electrons. The van der Waals surface area contributed by atoms with Crippen LogP contribution in [0.5, 0.6) is 0 Å². The second kappa shape index (κ2) is 4.95. The van der Waals surface area contributed by atoms with Gasteiger partial charge in [-0.2, -0.15) is 0 Å². The van der Waals surface area contributed by atoms with E-state index in [1.165, 1.54) is 12.8 Å². The van der Waals surface area contributed by atoms with E-state index in [0.717, 1.165) is 28.1 Å². The molecule has 0 radical (unpaired) electrons. The summed E-state index contributed by atoms with van der Waals surface area (Å²) in [5.41, 5.74) is 4.92. The Hall–Kier alpha value is -2.60. The van der Waals surface area contributed by atoms with Crippen LogP contribution in [0.25, 0.3) is 28.2 Å². The molecule has 0 atom stereocenters. The van der Waals surface area contributed by atoms with E-state index in [0.29, 0.717) is 22.4 Å². The highest BCUT2D eigenvalue weighted by atomic mass is 35.5. The summed E-state index contributed by atoms with van der Waals surface area (Å²) in [6.45, 7) is 1.92. The zero-order valence-corrected chi connectivity index (χ0v) is 13.7. The third-order valence-corrected chi connectivity index (χ3v) is 4.67. The van der Waals surface area contributed by atoms with Crippen LogP contribution in [-0.4, -0.2) is 29.5 Å². The Kier molecular flexibility index (Phi) is 2.84. The predicted octanol–water partition coefficient (Wildman–Crippen LogP) is 3.57. The average Bonchev–Trinajstić information content (AvgIpc) is 3.34. The maximum atomic E-state index is 6.42. The van der Waals surface area contributed by atoms with E-state index in [1.54, 1.807) is 12.4 Å². The molecule has 0 bridgehead atoms. The lowest BCUT2D eigenvalue weighted by Gasteiger charge is -2.08. The van der Waals surface area contributed by atoms with Gasteiger partial charge >= 0.3 is 0 Å². The summed E-state index contributed by atoms with van der Waals surface area (Å²) in [6, 6.07) is 5.83. The third-order valence-electron chi connectivity index (χ3n) is 4.37. The summed E-state index contributed by atoms with van der Waals surface area (Å²) >= 11 is 6.42. The van der Waals surface area contributed by atoms with Crippen molar-refractivity contribution in [2.75, 3.05) is 0 Å². The number of hydrogen-bond donors (Lipinski definition) is 0. The molecule has 0 unspecified atom stereocenters. The van der Waals surface area contributed by atoms with Crippen molar-refractivity contribution in [3.05, 3.63) is 47.0 Å². The predicted molar refractivity (Wildman–Crippen MR) is 91.0 cm³/mol. The molecule has 5 rings (SSSR count). The van der Waals surface area contributed by atoms with E-state index >= 15 is 0 Å². The monoisotopic (exact) mass is 336 g/mol. The first-order chi connectivity index (χ1) is 11.7. The molecule has 1 aliphatic carbocycles. The summed E-state index contributed by atoms with van der Waals surface area (Å²) in [6.07, 6.45) is 5.81. The van der Waals surface area contributed by atoms with Gasteiger partial charge in [0.1, 0.15) is 5.52 Å². The third kappa shape index (κ3) is 1.99. The summed E-state index contributed by atoms with van der Waals surface area (Å²) in [4.78, 5) is 13.5. The maximum Gasteiger partial charge on any atom is 0.184 e. The van der Waals surface area contributed by atoms with Gasteiger partial charge in [-0.15, -0.1) is 10.2 Å². The lowest BCUT2D eigenvalue weighted by atomic mass is 10.1. The molecule has 24 heavy (non-hydrogen) atoms. The number of pyridine rings is 2. The molecule has 0 aromatic carbocycles. The van der Waals surface area contributed by atoms with Gasteiger partial charge in [-0.1, -0.05) is 11.6 Å². The number of nitrogens with zero attached hydrogens (tertiary/aromatic N) is 6. The minimum absolute atomic E-state index is 0.540. The molecule has 7 heteroatoms. The Morgan fingerprint density at radius 2 is 2.04 bits per heavy atom. The van der Waals surface area contributed by atoms with Crippen LogP contribution >= 0.6 is 11.6 Å². The summed E-state index contributed by atoms with van der Waals surface area (Å²) < 4.78 is 1.93. The highest BCUT2D eigenvalue weighted by Gasteiger charge is 2.26. The maximum absolute atomic E-state index is 6.42. The second-order valence-corrected chi connectivity index (χ2v) is 6.50. The second-order valence-electron chi connectivity index (χ2n) is 6.09. The van der Waals surface area contributed by atoms with Crippen molar-refractivity contribution in [2.45, 2.75) is 25.7 Å². The van der Waals surface area contributed by atoms with Crippen molar-refractivity contribution in [3.8, 4) is 11.4 Å². The number of halogens is 1. The van der Waals surface area contributed by atoms with Crippen LogP contribution in [-0.2, 0) is 0 Å². The number of rotatable bonds is 2. The molecular weight excluding hydrogens is 324 g/mol. The molecule has 1 fully saturated rings. The van der Waals surface area contributed by atoms with Crippen molar-refractivity contribution in [3.63, 3.8) is 0 Å². The quantitative estimate of drug-likeness (QED) is 0.559. The van der Waals surface area contributed by atoms with Gasteiger partial charge in [-0.25, -0.2) is 9.97 Å². The summed E-state index contributed by atoms with van der Waals surface area (Å²) in [5, 5.41) is 9.25. The van der Waals surface area contributed by atoms with Gasteiger partial charge in [0.2, 0.25) is 0 Å². The topological polar surface area (TPSA) is 68.9 Å². The highest BCUT2D eigenvalue weighted by Crippen LogP contribution is 2.41. The Morgan fingerprint density at radius 3 is 2.88 bits per heavy atom. The van der Waals surface area contributed by atoms with Crippen LogP contribution in [0.2, 0.25) is 5.02 Å². The van der Waals surface area contributed by atoms with E-state index in [-0.39, 0.29) is 0 Å². The van der Waals surface area contributed by atoms with Crippen molar-refractivity contribution < 1.29 is 0 Å². The molecular formula is C17H13ClN6. The minimum Gasteiger partial charge on any atom is -0.259 e. The number of aryl methyl sites for hydroxylation is 1. The standard InChI is InChI=1S/C17H13ClN6/c1-9-15-22-23-16(24(15)17-13(21-9)3-2-6-19-17)11-7-14(10-4-5-10)20-8-12(11)18/h2-3,6-8,10H,4-5H2,1H3. The number of fused-ring (bicyclic) bond motifs is 3. The van der Waals surface area contributed by atoms with E-state index in [9.17, 15) is 0 Å². The van der Waals surface area contributed by atoms with Crippen molar-refractivity contribution in [1.82, 2.24) is 29.5 Å². The van der Waals surface area contributed by atoms with Crippen LogP contribution in [0.1, 0.15) is 30.1 Å². The average molecular weight is 337 g/mol. The molecule has 0 N–H and O–H groups in total. The largest absolute Gasteiger partial charge is 0.259 e. The SMILES string of the molecule is Cc1nc2cccnc2n2c(-c3cc(C4CC4)ncc3Cl)nnc12. The van der Waals surface area contributed by atoms with E-state index < -0.39 is 0 Å². The molecule has 4 aromatic rings. The Bertz CT molecular complexity index is 1100. The van der Waals surface area contributed by atoms with E-state index in [4.69, 9.17) is 11.6 Å². The van der Waals surface area contributed by atoms with Crippen molar-refractivity contribution in [1.29, 1.82) is 0 Å². The first-order valence-corrected chi connectivity index (χ1v) is 8.22. The molecule has 0 amide bonds. The Balaban J connectivity index is 1.86. The van der Waals surface area contributed by atoms with Gasteiger partial charge in [0.15, 0.2) is 17.1 Å². The smallest absolute Gasteiger partial charge is 0.184 e. The van der Waals surface area contributed by atoms with Crippen LogP contribution in [0.15, 0.2) is 30.6 Å². The number of aromatic nitrogens is 6. The van der Waals surface area contributed by atoms with Gasteiger partial charge < -0.3 is 0 Å². The summed E-state index contributed by atoms with van der Waals surface area (Å²) in [5.74, 6) is 1.21. The fourth-order valence-electron chi connectivity index (χ4n) is 3.00. The fraction of sp³-hybridized carbons (Fsp3) is 0.235. The van der Waals surface area contributed by atoms with Gasteiger partial charge in [-0.05, 0) is 38.0 Å². The van der Waals surface area contributed by atoms with Crippen LogP contribution in [0, 0.1) is 6.92 Å². The molecule has 0 aliphatic heterocycles. The first-order valence-electron chi connectivity index (χ1n) is 7.84. The molecule has 4 heterocycles. The lowest BCUT2D eigenvalue weighted by molar-refractivity contribution is 1.02. The van der Waals surface area contributed by atoms with Crippen LogP contribution < -0.4 is 0 Å². The van der Waals surface area contributed by atoms with Gasteiger partial charge in [0.05, 0.1) is 10.7 Å².